The number of rotatable bonds is 3. The average molecular weight is 338 g/mol. The van der Waals surface area contributed by atoms with E-state index < -0.39 is 0 Å². The third kappa shape index (κ3) is 4.08. The summed E-state index contributed by atoms with van der Waals surface area (Å²) in [7, 11) is 0. The zero-order valence-corrected chi connectivity index (χ0v) is 14.8. The fourth-order valence-corrected chi connectivity index (χ4v) is 4.02. The highest BCUT2D eigenvalue weighted by molar-refractivity contribution is 9.10. The van der Waals surface area contributed by atoms with Gasteiger partial charge in [-0.3, -0.25) is 0 Å². The van der Waals surface area contributed by atoms with Crippen LogP contribution in [0.25, 0.3) is 0 Å². The maximum Gasteiger partial charge on any atom is 0.0305 e. The summed E-state index contributed by atoms with van der Waals surface area (Å²) < 4.78 is 1.21. The fourth-order valence-electron chi connectivity index (χ4n) is 3.40. The van der Waals surface area contributed by atoms with E-state index in [0.29, 0.717) is 17.5 Å². The molecule has 112 valence electrons. The minimum Gasteiger partial charge on any atom is -0.307 e. The van der Waals surface area contributed by atoms with Gasteiger partial charge in [0.1, 0.15) is 0 Å². The Morgan fingerprint density at radius 3 is 2.25 bits per heavy atom. The van der Waals surface area contributed by atoms with Gasteiger partial charge < -0.3 is 5.32 Å². The van der Waals surface area contributed by atoms with E-state index in [1.807, 2.05) is 0 Å². The molecule has 0 spiro atoms. The van der Waals surface area contributed by atoms with E-state index in [2.05, 4.69) is 73.2 Å². The third-order valence-corrected chi connectivity index (χ3v) is 5.53. The second-order valence-corrected chi connectivity index (χ2v) is 8.18. The topological polar surface area (TPSA) is 12.0 Å². The van der Waals surface area contributed by atoms with Gasteiger partial charge in [0.25, 0.3) is 0 Å². The smallest absolute Gasteiger partial charge is 0.0305 e. The van der Waals surface area contributed by atoms with Crippen LogP contribution >= 0.6 is 15.9 Å². The van der Waals surface area contributed by atoms with Gasteiger partial charge in [0.2, 0.25) is 0 Å². The first-order valence-corrected chi connectivity index (χ1v) is 8.67. The molecule has 0 saturated heterocycles. The summed E-state index contributed by atoms with van der Waals surface area (Å²) in [6, 6.07) is 9.63. The highest BCUT2D eigenvalue weighted by Crippen LogP contribution is 2.38. The van der Waals surface area contributed by atoms with Crippen LogP contribution in [0.1, 0.15) is 65.0 Å². The van der Waals surface area contributed by atoms with Crippen molar-refractivity contribution in [3.63, 3.8) is 0 Å². The van der Waals surface area contributed by atoms with Crippen molar-refractivity contribution in [1.82, 2.24) is 5.32 Å². The van der Waals surface area contributed by atoms with Crippen LogP contribution in [0.3, 0.4) is 0 Å². The summed E-state index contributed by atoms with van der Waals surface area (Å²) in [4.78, 5) is 0. The van der Waals surface area contributed by atoms with Gasteiger partial charge in [-0.25, -0.2) is 0 Å². The van der Waals surface area contributed by atoms with Crippen LogP contribution in [-0.4, -0.2) is 6.04 Å². The standard InChI is InChI=1S/C18H28BrN/c1-13(16-7-5-6-8-17(16)19)20-15-11-9-14(10-12-15)18(2,3)4/h5-8,13-15,20H,9-12H2,1-4H3/t13-,14?,15?/m0/s1. The largest absolute Gasteiger partial charge is 0.307 e. The molecule has 2 rings (SSSR count). The molecule has 2 heteroatoms. The predicted molar refractivity (Wildman–Crippen MR) is 90.9 cm³/mol. The second kappa shape index (κ2) is 6.62. The Kier molecular flexibility index (Phi) is 5.30. The van der Waals surface area contributed by atoms with Crippen LogP contribution in [0, 0.1) is 11.3 Å². The molecule has 1 aromatic carbocycles. The van der Waals surface area contributed by atoms with Crippen molar-refractivity contribution in [2.45, 2.75) is 65.5 Å². The zero-order chi connectivity index (χ0) is 14.8. The monoisotopic (exact) mass is 337 g/mol. The van der Waals surface area contributed by atoms with Gasteiger partial charge in [0.15, 0.2) is 0 Å². The molecular formula is C18H28BrN. The Morgan fingerprint density at radius 1 is 1.10 bits per heavy atom. The zero-order valence-electron chi connectivity index (χ0n) is 13.2. The molecule has 1 nitrogen and oxygen atoms in total. The summed E-state index contributed by atoms with van der Waals surface area (Å²) in [6.45, 7) is 9.43. The van der Waals surface area contributed by atoms with E-state index in [0.717, 1.165) is 5.92 Å². The molecule has 1 saturated carbocycles. The van der Waals surface area contributed by atoms with Crippen LogP contribution in [0.2, 0.25) is 0 Å². The normalized spacial score (nSPS) is 25.4. The number of benzene rings is 1. The molecule has 0 heterocycles. The number of halogens is 1. The molecule has 1 N–H and O–H groups in total. The van der Waals surface area contributed by atoms with Crippen LogP contribution in [0.5, 0.6) is 0 Å². The molecule has 1 aromatic rings. The molecule has 1 fully saturated rings. The lowest BCUT2D eigenvalue weighted by atomic mass is 9.71. The lowest BCUT2D eigenvalue weighted by Crippen LogP contribution is -2.37. The van der Waals surface area contributed by atoms with Crippen molar-refractivity contribution in [2.75, 3.05) is 0 Å². The summed E-state index contributed by atoms with van der Waals surface area (Å²) in [5.41, 5.74) is 1.84. The van der Waals surface area contributed by atoms with Crippen molar-refractivity contribution in [3.05, 3.63) is 34.3 Å². The van der Waals surface area contributed by atoms with Gasteiger partial charge in [-0.15, -0.1) is 0 Å². The Balaban J connectivity index is 1.88. The van der Waals surface area contributed by atoms with Crippen molar-refractivity contribution < 1.29 is 0 Å². The average Bonchev–Trinajstić information content (AvgIpc) is 2.38. The van der Waals surface area contributed by atoms with E-state index in [9.17, 15) is 0 Å². The number of hydrogen-bond donors (Lipinski definition) is 1. The van der Waals surface area contributed by atoms with E-state index in [4.69, 9.17) is 0 Å². The van der Waals surface area contributed by atoms with Gasteiger partial charge in [-0.05, 0) is 55.6 Å². The molecule has 0 aromatic heterocycles. The maximum atomic E-state index is 3.82. The van der Waals surface area contributed by atoms with Gasteiger partial charge in [-0.2, -0.15) is 0 Å². The minimum atomic E-state index is 0.418. The van der Waals surface area contributed by atoms with Gasteiger partial charge in [0.05, 0.1) is 0 Å². The summed E-state index contributed by atoms with van der Waals surface area (Å²) >= 11 is 3.66. The molecule has 0 unspecified atom stereocenters. The Hall–Kier alpha value is -0.340. The van der Waals surface area contributed by atoms with Crippen molar-refractivity contribution >= 4 is 15.9 Å². The van der Waals surface area contributed by atoms with Crippen molar-refractivity contribution in [2.24, 2.45) is 11.3 Å². The van der Waals surface area contributed by atoms with E-state index in [-0.39, 0.29) is 0 Å². The maximum absolute atomic E-state index is 3.82. The van der Waals surface area contributed by atoms with E-state index >= 15 is 0 Å². The first-order valence-electron chi connectivity index (χ1n) is 7.88. The third-order valence-electron chi connectivity index (χ3n) is 4.81. The Labute approximate surface area is 132 Å². The molecule has 0 radical (unpaired) electrons. The SMILES string of the molecule is C[C@H](NC1CCC(C(C)(C)C)CC1)c1ccccc1Br. The van der Waals surface area contributed by atoms with Crippen LogP contribution in [-0.2, 0) is 0 Å². The number of hydrogen-bond acceptors (Lipinski definition) is 1. The predicted octanol–water partition coefficient (Wildman–Crippen LogP) is 5.70. The molecule has 0 aliphatic heterocycles. The molecule has 20 heavy (non-hydrogen) atoms. The quantitative estimate of drug-likeness (QED) is 0.745. The lowest BCUT2D eigenvalue weighted by Gasteiger charge is -2.38. The molecule has 0 amide bonds. The molecule has 1 aliphatic carbocycles. The van der Waals surface area contributed by atoms with E-state index in [1.165, 1.54) is 35.7 Å². The van der Waals surface area contributed by atoms with Gasteiger partial charge in [-0.1, -0.05) is 54.9 Å². The first-order chi connectivity index (χ1) is 9.38. The Morgan fingerprint density at radius 2 is 1.70 bits per heavy atom. The molecule has 0 bridgehead atoms. The van der Waals surface area contributed by atoms with Crippen LogP contribution < -0.4 is 5.32 Å². The van der Waals surface area contributed by atoms with Crippen molar-refractivity contribution in [1.29, 1.82) is 0 Å². The second-order valence-electron chi connectivity index (χ2n) is 7.32. The van der Waals surface area contributed by atoms with Gasteiger partial charge >= 0.3 is 0 Å². The minimum absolute atomic E-state index is 0.418. The van der Waals surface area contributed by atoms with Gasteiger partial charge in [0, 0.05) is 16.6 Å². The molecule has 1 aliphatic rings. The van der Waals surface area contributed by atoms with Crippen molar-refractivity contribution in [3.8, 4) is 0 Å². The Bertz CT molecular complexity index is 427. The fraction of sp³-hybridized carbons (Fsp3) is 0.667. The summed E-state index contributed by atoms with van der Waals surface area (Å²) in [5, 5.41) is 3.82. The highest BCUT2D eigenvalue weighted by atomic mass is 79.9. The van der Waals surface area contributed by atoms with Crippen LogP contribution in [0.4, 0.5) is 0 Å². The molecule has 1 atom stereocenters. The number of nitrogens with one attached hydrogen (secondary N) is 1. The van der Waals surface area contributed by atoms with E-state index in [1.54, 1.807) is 0 Å². The highest BCUT2D eigenvalue weighted by Gasteiger charge is 2.30. The van der Waals surface area contributed by atoms with Crippen LogP contribution in [0.15, 0.2) is 28.7 Å². The first kappa shape index (κ1) is 16.0. The lowest BCUT2D eigenvalue weighted by molar-refractivity contribution is 0.157. The molecular weight excluding hydrogens is 310 g/mol. The summed E-state index contributed by atoms with van der Waals surface area (Å²) in [6.07, 6.45) is 5.36. The summed E-state index contributed by atoms with van der Waals surface area (Å²) in [5.74, 6) is 0.888.